The quantitative estimate of drug-likeness (QED) is 0.0444. The molecule has 40 heavy (non-hydrogen) atoms. The van der Waals surface area contributed by atoms with Crippen molar-refractivity contribution in [1.82, 2.24) is 4.67 Å². The maximum Gasteiger partial charge on any atom is 0.408 e. The van der Waals surface area contributed by atoms with Crippen molar-refractivity contribution in [2.75, 3.05) is 54.5 Å². The van der Waals surface area contributed by atoms with E-state index in [0.717, 1.165) is 36.7 Å². The molecule has 0 aromatic rings. The third-order valence-corrected chi connectivity index (χ3v) is 10.1. The van der Waals surface area contributed by atoms with Crippen molar-refractivity contribution < 1.29 is 18.1 Å². The van der Waals surface area contributed by atoms with Crippen LogP contribution in [0.15, 0.2) is 0 Å². The van der Waals surface area contributed by atoms with Crippen LogP contribution in [0, 0.1) is 0 Å². The average Bonchev–Trinajstić information content (AvgIpc) is 2.92. The van der Waals surface area contributed by atoms with Gasteiger partial charge in [0.2, 0.25) is 0 Å². The molecule has 0 atom stereocenters. The first-order valence-electron chi connectivity index (χ1n) is 17.7. The predicted molar refractivity (Wildman–Crippen MR) is 177 cm³/mol. The standard InChI is InChI=1S/C34H74N2O3P/c1-7-9-11-13-15-17-19-21-23-25-27-29-33-38-40(37,35(3)31-32-36(4,5)6)39-34-30-28-26-24-22-20-18-16-14-12-10-8-2/h7-34H2,1-6H3/q+1. The molecule has 0 amide bonds. The van der Waals surface area contributed by atoms with Gasteiger partial charge in [0.05, 0.1) is 47.4 Å². The van der Waals surface area contributed by atoms with Crippen LogP contribution in [0.25, 0.3) is 0 Å². The summed E-state index contributed by atoms with van der Waals surface area (Å²) in [5.41, 5.74) is 0. The number of unbranched alkanes of at least 4 members (excludes halogenated alkanes) is 22. The fraction of sp³-hybridized carbons (Fsp3) is 1.00. The highest BCUT2D eigenvalue weighted by Crippen LogP contribution is 2.51. The molecule has 0 aliphatic carbocycles. The first kappa shape index (κ1) is 40.1. The van der Waals surface area contributed by atoms with E-state index in [0.29, 0.717) is 19.8 Å². The van der Waals surface area contributed by atoms with Crippen LogP contribution in [-0.4, -0.2) is 63.6 Å². The lowest BCUT2D eigenvalue weighted by molar-refractivity contribution is -0.869. The van der Waals surface area contributed by atoms with Crippen LogP contribution in [0.5, 0.6) is 0 Å². The lowest BCUT2D eigenvalue weighted by Crippen LogP contribution is -2.40. The molecule has 0 bridgehead atoms. The number of hydrogen-bond acceptors (Lipinski definition) is 3. The smallest absolute Gasteiger partial charge is 0.330 e. The number of hydrogen-bond donors (Lipinski definition) is 0. The van der Waals surface area contributed by atoms with E-state index in [1.807, 2.05) is 11.7 Å². The Morgan fingerprint density at radius 3 is 1.05 bits per heavy atom. The molecule has 0 rings (SSSR count). The second kappa shape index (κ2) is 27.9. The van der Waals surface area contributed by atoms with Crippen LogP contribution < -0.4 is 0 Å². The monoisotopic (exact) mass is 590 g/mol. The van der Waals surface area contributed by atoms with Crippen LogP contribution in [-0.2, 0) is 13.6 Å². The molecule has 0 aromatic carbocycles. The molecular weight excluding hydrogens is 515 g/mol. The van der Waals surface area contributed by atoms with Crippen LogP contribution in [0.2, 0.25) is 0 Å². The van der Waals surface area contributed by atoms with Gasteiger partial charge in [-0.1, -0.05) is 155 Å². The van der Waals surface area contributed by atoms with E-state index in [1.54, 1.807) is 0 Å². The van der Waals surface area contributed by atoms with Crippen molar-refractivity contribution in [2.45, 2.75) is 168 Å². The molecule has 6 heteroatoms. The summed E-state index contributed by atoms with van der Waals surface area (Å²) in [5.74, 6) is 0. The second-order valence-electron chi connectivity index (χ2n) is 13.3. The lowest BCUT2D eigenvalue weighted by Gasteiger charge is -2.30. The summed E-state index contributed by atoms with van der Waals surface area (Å²) in [5, 5.41) is 0. The van der Waals surface area contributed by atoms with E-state index in [4.69, 9.17) is 9.05 Å². The molecule has 0 spiro atoms. The van der Waals surface area contributed by atoms with Gasteiger partial charge in [0.25, 0.3) is 0 Å². The Bertz CT molecular complexity index is 534. The first-order chi connectivity index (χ1) is 19.2. The predicted octanol–water partition coefficient (Wildman–Crippen LogP) is 11.2. The topological polar surface area (TPSA) is 38.8 Å². The fourth-order valence-corrected chi connectivity index (χ4v) is 6.57. The largest absolute Gasteiger partial charge is 0.408 e. The van der Waals surface area contributed by atoms with Gasteiger partial charge >= 0.3 is 7.75 Å². The Morgan fingerprint density at radius 1 is 0.500 bits per heavy atom. The fourth-order valence-electron chi connectivity index (χ4n) is 5.05. The summed E-state index contributed by atoms with van der Waals surface area (Å²) in [6.07, 6.45) is 31.5. The molecule has 0 N–H and O–H groups in total. The molecule has 0 radical (unpaired) electrons. The third kappa shape index (κ3) is 26.9. The Labute approximate surface area is 252 Å². The Kier molecular flexibility index (Phi) is 27.9. The van der Waals surface area contributed by atoms with Crippen molar-refractivity contribution >= 4 is 7.75 Å². The molecule has 0 saturated heterocycles. The average molecular weight is 590 g/mol. The van der Waals surface area contributed by atoms with Gasteiger partial charge in [-0.15, -0.1) is 0 Å². The normalized spacial score (nSPS) is 12.6. The van der Waals surface area contributed by atoms with Crippen molar-refractivity contribution in [1.29, 1.82) is 0 Å². The minimum atomic E-state index is -3.24. The minimum absolute atomic E-state index is 0.530. The lowest BCUT2D eigenvalue weighted by atomic mass is 10.1. The summed E-state index contributed by atoms with van der Waals surface area (Å²) in [6, 6.07) is 0. The molecule has 0 aliphatic heterocycles. The van der Waals surface area contributed by atoms with Gasteiger partial charge in [0.15, 0.2) is 0 Å². The van der Waals surface area contributed by atoms with E-state index in [2.05, 4.69) is 35.0 Å². The van der Waals surface area contributed by atoms with Gasteiger partial charge < -0.3 is 4.48 Å². The summed E-state index contributed by atoms with van der Waals surface area (Å²) in [7, 11) is 5.16. The van der Waals surface area contributed by atoms with Crippen LogP contribution in [0.1, 0.15) is 168 Å². The highest BCUT2D eigenvalue weighted by Gasteiger charge is 2.31. The molecule has 0 saturated carbocycles. The minimum Gasteiger partial charge on any atom is -0.330 e. The van der Waals surface area contributed by atoms with Crippen LogP contribution in [0.3, 0.4) is 0 Å². The van der Waals surface area contributed by atoms with Gasteiger partial charge in [-0.05, 0) is 19.9 Å². The molecule has 242 valence electrons. The van der Waals surface area contributed by atoms with Gasteiger partial charge in [0.1, 0.15) is 0 Å². The Hall–Kier alpha value is 0.0700. The molecule has 0 aromatic heterocycles. The summed E-state index contributed by atoms with van der Waals surface area (Å²) in [4.78, 5) is 0. The van der Waals surface area contributed by atoms with Crippen molar-refractivity contribution in [3.8, 4) is 0 Å². The first-order valence-corrected chi connectivity index (χ1v) is 19.2. The summed E-state index contributed by atoms with van der Waals surface area (Å²) < 4.78 is 28.4. The summed E-state index contributed by atoms with van der Waals surface area (Å²) >= 11 is 0. The number of rotatable bonds is 32. The molecule has 0 aliphatic rings. The molecule has 0 heterocycles. The van der Waals surface area contributed by atoms with E-state index in [-0.39, 0.29) is 0 Å². The van der Waals surface area contributed by atoms with Crippen LogP contribution in [0.4, 0.5) is 0 Å². The van der Waals surface area contributed by atoms with Crippen molar-refractivity contribution in [3.63, 3.8) is 0 Å². The zero-order chi connectivity index (χ0) is 29.8. The molecular formula is C34H74N2O3P+. The number of nitrogens with zero attached hydrogens (tertiary/aromatic N) is 2. The molecule has 0 unspecified atom stereocenters. The summed E-state index contributed by atoms with van der Waals surface area (Å²) in [6.45, 7) is 7.23. The Balaban J connectivity index is 4.09. The van der Waals surface area contributed by atoms with Crippen molar-refractivity contribution in [2.24, 2.45) is 0 Å². The van der Waals surface area contributed by atoms with Gasteiger partial charge in [-0.25, -0.2) is 9.24 Å². The van der Waals surface area contributed by atoms with Gasteiger partial charge in [0, 0.05) is 0 Å². The van der Waals surface area contributed by atoms with E-state index in [1.165, 1.54) is 128 Å². The number of quaternary nitrogens is 1. The maximum atomic E-state index is 13.7. The van der Waals surface area contributed by atoms with Crippen LogP contribution >= 0.6 is 7.75 Å². The van der Waals surface area contributed by atoms with E-state index in [9.17, 15) is 4.57 Å². The third-order valence-electron chi connectivity index (χ3n) is 8.02. The highest BCUT2D eigenvalue weighted by atomic mass is 31.2. The number of likely N-dealkylation sites (N-methyl/N-ethyl adjacent to an activating group) is 2. The highest BCUT2D eigenvalue weighted by molar-refractivity contribution is 7.51. The maximum absolute atomic E-state index is 13.7. The zero-order valence-electron chi connectivity index (χ0n) is 28.4. The van der Waals surface area contributed by atoms with E-state index >= 15 is 0 Å². The van der Waals surface area contributed by atoms with Gasteiger partial charge in [-0.2, -0.15) is 0 Å². The molecule has 0 fully saturated rings. The second-order valence-corrected chi connectivity index (χ2v) is 15.4. The molecule has 5 nitrogen and oxygen atoms in total. The zero-order valence-corrected chi connectivity index (χ0v) is 29.3. The Morgan fingerprint density at radius 2 is 0.775 bits per heavy atom. The van der Waals surface area contributed by atoms with Gasteiger partial charge in [-0.3, -0.25) is 9.05 Å². The SMILES string of the molecule is CCCCCCCCCCCCCCOP(=O)(OCCCCCCCCCCCCCC)N(C)CC[N+](C)(C)C. The van der Waals surface area contributed by atoms with Crippen molar-refractivity contribution in [3.05, 3.63) is 0 Å². The van der Waals surface area contributed by atoms with E-state index < -0.39 is 7.75 Å².